The molecule has 0 fully saturated rings. The van der Waals surface area contributed by atoms with Gasteiger partial charge in [-0.2, -0.15) is 0 Å². The van der Waals surface area contributed by atoms with Gasteiger partial charge in [-0.25, -0.2) is 0 Å². The fourth-order valence-corrected chi connectivity index (χ4v) is 1.49. The highest BCUT2D eigenvalue weighted by atomic mass is 16.4. The zero-order valence-corrected chi connectivity index (χ0v) is 7.94. The van der Waals surface area contributed by atoms with Gasteiger partial charge in [0.15, 0.2) is 5.84 Å². The van der Waals surface area contributed by atoms with Gasteiger partial charge in [-0.15, -0.1) is 0 Å². The van der Waals surface area contributed by atoms with Crippen molar-refractivity contribution in [1.82, 2.24) is 4.98 Å². The van der Waals surface area contributed by atoms with Gasteiger partial charge in [0.1, 0.15) is 0 Å². The first-order valence-corrected chi connectivity index (χ1v) is 4.45. The highest BCUT2D eigenvalue weighted by Gasteiger charge is 2.03. The van der Waals surface area contributed by atoms with Gasteiger partial charge in [0.05, 0.1) is 6.61 Å². The number of rotatable bonds is 2. The Labute approximate surface area is 85.8 Å². The van der Waals surface area contributed by atoms with E-state index in [1.54, 1.807) is 12.1 Å². The summed E-state index contributed by atoms with van der Waals surface area (Å²) in [4.78, 5) is 3.04. The lowest BCUT2D eigenvalue weighted by Gasteiger charge is -1.97. The molecule has 15 heavy (non-hydrogen) atoms. The Morgan fingerprint density at radius 2 is 2.20 bits per heavy atom. The summed E-state index contributed by atoms with van der Waals surface area (Å²) in [7, 11) is 0. The van der Waals surface area contributed by atoms with Gasteiger partial charge in [0.25, 0.3) is 0 Å². The van der Waals surface area contributed by atoms with E-state index in [0.29, 0.717) is 5.56 Å². The van der Waals surface area contributed by atoms with E-state index >= 15 is 0 Å². The lowest BCUT2D eigenvalue weighted by molar-refractivity contribution is 0.278. The number of nitrogens with one attached hydrogen (secondary N) is 1. The van der Waals surface area contributed by atoms with Crippen LogP contribution < -0.4 is 5.73 Å². The molecule has 0 atom stereocenters. The summed E-state index contributed by atoms with van der Waals surface area (Å²) in [5, 5.41) is 21.3. The van der Waals surface area contributed by atoms with Crippen LogP contribution in [0.1, 0.15) is 11.3 Å². The molecule has 0 amide bonds. The van der Waals surface area contributed by atoms with Gasteiger partial charge >= 0.3 is 0 Å². The van der Waals surface area contributed by atoms with Crippen molar-refractivity contribution < 1.29 is 10.3 Å². The summed E-state index contributed by atoms with van der Waals surface area (Å²) in [6, 6.07) is 7.18. The van der Waals surface area contributed by atoms with Crippen LogP contribution in [-0.2, 0) is 6.61 Å². The van der Waals surface area contributed by atoms with Crippen molar-refractivity contribution in [3.63, 3.8) is 0 Å². The smallest absolute Gasteiger partial charge is 0.170 e. The first-order chi connectivity index (χ1) is 7.24. The molecular weight excluding hydrogens is 194 g/mol. The van der Waals surface area contributed by atoms with Gasteiger partial charge in [-0.1, -0.05) is 5.16 Å². The molecule has 5 heteroatoms. The van der Waals surface area contributed by atoms with E-state index < -0.39 is 0 Å². The van der Waals surface area contributed by atoms with Gasteiger partial charge in [-0.05, 0) is 24.3 Å². The summed E-state index contributed by atoms with van der Waals surface area (Å²) in [5.41, 5.74) is 7.76. The highest BCUT2D eigenvalue weighted by Crippen LogP contribution is 2.17. The third kappa shape index (κ3) is 1.64. The Hall–Kier alpha value is -2.01. The molecule has 0 bridgehead atoms. The van der Waals surface area contributed by atoms with E-state index in [0.717, 1.165) is 16.6 Å². The molecule has 0 aliphatic heterocycles. The van der Waals surface area contributed by atoms with E-state index in [-0.39, 0.29) is 12.4 Å². The number of fused-ring (bicyclic) bond motifs is 1. The maximum atomic E-state index is 8.94. The van der Waals surface area contributed by atoms with Crippen molar-refractivity contribution in [3.8, 4) is 0 Å². The van der Waals surface area contributed by atoms with E-state index in [1.165, 1.54) is 0 Å². The molecule has 0 saturated heterocycles. The predicted octanol–water partition coefficient (Wildman–Crippen LogP) is 0.755. The molecule has 0 unspecified atom stereocenters. The van der Waals surface area contributed by atoms with Crippen LogP contribution in [0.3, 0.4) is 0 Å². The van der Waals surface area contributed by atoms with Crippen LogP contribution in [0.2, 0.25) is 0 Å². The molecule has 0 saturated carbocycles. The molecule has 78 valence electrons. The van der Waals surface area contributed by atoms with Crippen molar-refractivity contribution in [1.29, 1.82) is 0 Å². The Morgan fingerprint density at radius 3 is 2.87 bits per heavy atom. The van der Waals surface area contributed by atoms with Gasteiger partial charge < -0.3 is 21.0 Å². The molecule has 1 aromatic heterocycles. The Morgan fingerprint density at radius 1 is 1.40 bits per heavy atom. The van der Waals surface area contributed by atoms with Crippen LogP contribution in [-0.4, -0.2) is 21.1 Å². The van der Waals surface area contributed by atoms with Crippen LogP contribution in [0.25, 0.3) is 10.9 Å². The van der Waals surface area contributed by atoms with Crippen LogP contribution >= 0.6 is 0 Å². The molecule has 0 aliphatic carbocycles. The van der Waals surface area contributed by atoms with Crippen LogP contribution in [0.4, 0.5) is 0 Å². The van der Waals surface area contributed by atoms with Gasteiger partial charge in [-0.3, -0.25) is 0 Å². The lowest BCUT2D eigenvalue weighted by Crippen LogP contribution is -2.12. The molecule has 5 nitrogen and oxygen atoms in total. The molecule has 0 aliphatic rings. The number of benzene rings is 1. The standard InChI is InChI=1S/C10H11N3O2/c11-10(13-15)6-1-2-9-7(3-6)4-8(5-14)12-9/h1-4,12,14-15H,5H2,(H2,11,13). The number of hydrogen-bond acceptors (Lipinski definition) is 3. The minimum absolute atomic E-state index is 0.0341. The minimum atomic E-state index is -0.0341. The number of aliphatic hydroxyl groups excluding tert-OH is 1. The van der Waals surface area contributed by atoms with Crippen LogP contribution in [0, 0.1) is 0 Å². The quantitative estimate of drug-likeness (QED) is 0.252. The molecule has 5 N–H and O–H groups in total. The summed E-state index contributed by atoms with van der Waals surface area (Å²) < 4.78 is 0. The summed E-state index contributed by atoms with van der Waals surface area (Å²) in [5.74, 6) is 0.0728. The second-order valence-corrected chi connectivity index (χ2v) is 3.24. The SMILES string of the molecule is NC(=NO)c1ccc2[nH]c(CO)cc2c1. The monoisotopic (exact) mass is 205 g/mol. The Bertz CT molecular complexity index is 516. The van der Waals surface area contributed by atoms with E-state index in [2.05, 4.69) is 10.1 Å². The summed E-state index contributed by atoms with van der Waals surface area (Å²) in [6.07, 6.45) is 0. The first-order valence-electron chi connectivity index (χ1n) is 4.45. The summed E-state index contributed by atoms with van der Waals surface area (Å²) in [6.45, 7) is -0.0341. The molecule has 0 radical (unpaired) electrons. The number of aliphatic hydroxyl groups is 1. The lowest BCUT2D eigenvalue weighted by atomic mass is 10.1. The molecule has 1 aromatic carbocycles. The topological polar surface area (TPSA) is 94.6 Å². The average Bonchev–Trinajstić information content (AvgIpc) is 2.69. The zero-order valence-electron chi connectivity index (χ0n) is 7.94. The number of nitrogens with zero attached hydrogens (tertiary/aromatic N) is 1. The van der Waals surface area contributed by atoms with Gasteiger partial charge in [0.2, 0.25) is 0 Å². The van der Waals surface area contributed by atoms with Crippen molar-refractivity contribution in [2.24, 2.45) is 10.9 Å². The fraction of sp³-hybridized carbons (Fsp3) is 0.100. The fourth-order valence-electron chi connectivity index (χ4n) is 1.49. The largest absolute Gasteiger partial charge is 0.409 e. The number of aromatic nitrogens is 1. The van der Waals surface area contributed by atoms with Crippen molar-refractivity contribution >= 4 is 16.7 Å². The number of H-pyrrole nitrogens is 1. The number of aromatic amines is 1. The van der Waals surface area contributed by atoms with E-state index in [1.807, 2.05) is 12.1 Å². The van der Waals surface area contributed by atoms with Crippen LogP contribution in [0.5, 0.6) is 0 Å². The van der Waals surface area contributed by atoms with Crippen molar-refractivity contribution in [3.05, 3.63) is 35.5 Å². The number of oxime groups is 1. The van der Waals surface area contributed by atoms with Crippen molar-refractivity contribution in [2.75, 3.05) is 0 Å². The number of amidine groups is 1. The number of hydrogen-bond donors (Lipinski definition) is 4. The molecule has 2 aromatic rings. The average molecular weight is 205 g/mol. The predicted molar refractivity (Wildman–Crippen MR) is 56.7 cm³/mol. The van der Waals surface area contributed by atoms with Crippen LogP contribution in [0.15, 0.2) is 29.4 Å². The van der Waals surface area contributed by atoms with Crippen molar-refractivity contribution in [2.45, 2.75) is 6.61 Å². The maximum Gasteiger partial charge on any atom is 0.170 e. The second-order valence-electron chi connectivity index (χ2n) is 3.24. The molecule has 1 heterocycles. The maximum absolute atomic E-state index is 8.94. The Balaban J connectivity index is 2.55. The van der Waals surface area contributed by atoms with E-state index in [4.69, 9.17) is 16.0 Å². The zero-order chi connectivity index (χ0) is 10.8. The molecular formula is C10H11N3O2. The third-order valence-electron chi connectivity index (χ3n) is 2.25. The Kier molecular flexibility index (Phi) is 2.31. The normalized spacial score (nSPS) is 12.2. The second kappa shape index (κ2) is 3.62. The molecule has 0 spiro atoms. The highest BCUT2D eigenvalue weighted by molar-refractivity contribution is 6.00. The number of nitrogens with two attached hydrogens (primary N) is 1. The summed E-state index contributed by atoms with van der Waals surface area (Å²) >= 11 is 0. The third-order valence-corrected chi connectivity index (χ3v) is 2.25. The first kappa shape index (κ1) is 9.54. The minimum Gasteiger partial charge on any atom is -0.409 e. The van der Waals surface area contributed by atoms with Gasteiger partial charge in [0, 0.05) is 22.2 Å². The van der Waals surface area contributed by atoms with E-state index in [9.17, 15) is 0 Å². The molecule has 2 rings (SSSR count).